The number of benzene rings is 1. The van der Waals surface area contributed by atoms with E-state index in [4.69, 9.17) is 5.11 Å². The van der Waals surface area contributed by atoms with Crippen LogP contribution in [-0.4, -0.2) is 56.3 Å². The molecule has 8 heteroatoms. The molecule has 0 aliphatic carbocycles. The fourth-order valence-corrected chi connectivity index (χ4v) is 9.59. The van der Waals surface area contributed by atoms with Gasteiger partial charge in [-0.25, -0.2) is 4.79 Å². The quantitative estimate of drug-likeness (QED) is 0.555. The normalized spacial score (nSPS) is 11.3. The van der Waals surface area contributed by atoms with Crippen LogP contribution in [0.4, 0.5) is 0 Å². The molecule has 0 saturated carbocycles. The van der Waals surface area contributed by atoms with Crippen LogP contribution in [0.1, 0.15) is 20.7 Å². The zero-order chi connectivity index (χ0) is 13.5. The molecule has 96 valence electrons. The predicted octanol–water partition coefficient (Wildman–Crippen LogP) is -2.83. The fraction of sp³-hybridized carbons (Fsp3) is 0.100. The Hall–Kier alpha value is -1.52. The van der Waals surface area contributed by atoms with Gasteiger partial charge in [0.05, 0.1) is 26.7 Å². The lowest BCUT2D eigenvalue weighted by Gasteiger charge is -2.06. The number of rotatable bonds is 6. The Morgan fingerprint density at radius 3 is 2.39 bits per heavy atom. The number of aromatic carboxylic acids is 1. The molecule has 0 spiro atoms. The summed E-state index contributed by atoms with van der Waals surface area (Å²) in [4.78, 5) is 34.1. The third kappa shape index (κ3) is 4.05. The molecule has 0 aliphatic heterocycles. The van der Waals surface area contributed by atoms with Crippen molar-refractivity contribution in [3.05, 3.63) is 35.4 Å². The molecule has 0 saturated heterocycles. The maximum Gasteiger partial charge on any atom is 0.336 e. The van der Waals surface area contributed by atoms with Gasteiger partial charge in [-0.1, -0.05) is 12.1 Å². The molecule has 5 nitrogen and oxygen atoms in total. The topological polar surface area (TPSA) is 83.5 Å². The van der Waals surface area contributed by atoms with E-state index < -0.39 is 20.9 Å². The molecule has 0 aliphatic rings. The molecule has 0 radical (unpaired) electrons. The molecule has 2 N–H and O–H groups in total. The summed E-state index contributed by atoms with van der Waals surface area (Å²) in [5.74, 6) is -1.64. The van der Waals surface area contributed by atoms with Crippen LogP contribution in [-0.2, 0) is 4.79 Å². The molecule has 1 aromatic carbocycles. The molecular weight excluding hydrogens is 282 g/mol. The van der Waals surface area contributed by atoms with E-state index in [-0.39, 0.29) is 31.6 Å². The minimum atomic E-state index is -1.14. The summed E-state index contributed by atoms with van der Waals surface area (Å²) < 4.78 is 0. The van der Waals surface area contributed by atoms with Gasteiger partial charge in [0.15, 0.2) is 0 Å². The third-order valence-electron chi connectivity index (χ3n) is 2.38. The largest absolute Gasteiger partial charge is 0.478 e. The third-order valence-corrected chi connectivity index (χ3v) is 11.4. The Labute approximate surface area is 112 Å². The summed E-state index contributed by atoms with van der Waals surface area (Å²) >= 11 is 0. The van der Waals surface area contributed by atoms with Crippen molar-refractivity contribution in [2.75, 3.05) is 6.54 Å². The van der Waals surface area contributed by atoms with E-state index in [1.807, 2.05) is 0 Å². The molecule has 0 unspecified atom stereocenters. The number of carboxylic acid groups (broad SMARTS) is 1. The van der Waals surface area contributed by atoms with Crippen molar-refractivity contribution in [3.63, 3.8) is 0 Å². The Balaban J connectivity index is 2.73. The minimum Gasteiger partial charge on any atom is -0.478 e. The van der Waals surface area contributed by atoms with Crippen LogP contribution in [0.3, 0.4) is 0 Å². The summed E-state index contributed by atoms with van der Waals surface area (Å²) in [5.41, 5.74) is 0.0551. The number of nitrogens with one attached hydrogen (secondary N) is 1. The van der Waals surface area contributed by atoms with Crippen LogP contribution in [0.5, 0.6) is 0 Å². The van der Waals surface area contributed by atoms with Crippen molar-refractivity contribution in [3.8, 4) is 0 Å². The van der Waals surface area contributed by atoms with Gasteiger partial charge >= 0.3 is 5.97 Å². The van der Waals surface area contributed by atoms with E-state index in [1.54, 1.807) is 12.1 Å². The van der Waals surface area contributed by atoms with Crippen molar-refractivity contribution in [2.45, 2.75) is 0 Å². The number of carbonyl (C=O) groups excluding carboxylic acids is 2. The van der Waals surface area contributed by atoms with E-state index in [0.29, 0.717) is 0 Å². The lowest BCUT2D eigenvalue weighted by molar-refractivity contribution is -0.111. The number of carboxylic acids is 1. The van der Waals surface area contributed by atoms with E-state index >= 15 is 0 Å². The first kappa shape index (κ1) is 14.5. The fourth-order valence-electron chi connectivity index (χ4n) is 1.51. The van der Waals surface area contributed by atoms with Crippen LogP contribution in [0.25, 0.3) is 0 Å². The van der Waals surface area contributed by atoms with Crippen molar-refractivity contribution in [1.29, 1.82) is 0 Å². The van der Waals surface area contributed by atoms with Crippen molar-refractivity contribution in [1.82, 2.24) is 5.32 Å². The van der Waals surface area contributed by atoms with E-state index in [1.165, 1.54) is 12.1 Å². The number of hydrogen-bond acceptors (Lipinski definition) is 3. The first-order valence-electron chi connectivity index (χ1n) is 5.68. The van der Waals surface area contributed by atoms with Gasteiger partial charge in [-0.3, -0.25) is 4.79 Å². The highest BCUT2D eigenvalue weighted by atomic mass is 29.5. The summed E-state index contributed by atoms with van der Waals surface area (Å²) in [5, 5.41) is 11.6. The van der Waals surface area contributed by atoms with Crippen LogP contribution >= 0.6 is 0 Å². The Morgan fingerprint density at radius 1 is 1.22 bits per heavy atom. The second-order valence-electron chi connectivity index (χ2n) is 3.82. The smallest absolute Gasteiger partial charge is 0.336 e. The van der Waals surface area contributed by atoms with Crippen molar-refractivity contribution < 1.29 is 19.5 Å². The number of amides is 1. The summed E-state index contributed by atoms with van der Waals surface area (Å²) in [6, 6.07) is 5.98. The summed E-state index contributed by atoms with van der Waals surface area (Å²) in [6.45, 7) is 0.0499. The van der Waals surface area contributed by atoms with Gasteiger partial charge in [0, 0.05) is 8.55 Å². The minimum absolute atomic E-state index is 0.0445. The lowest BCUT2D eigenvalue weighted by Crippen LogP contribution is -2.34. The highest BCUT2D eigenvalue weighted by Crippen LogP contribution is 2.08. The molecule has 1 rings (SSSR count). The maximum absolute atomic E-state index is 11.8. The molecule has 0 aromatic heterocycles. The maximum atomic E-state index is 11.8. The van der Waals surface area contributed by atoms with Crippen LogP contribution in [0, 0.1) is 0 Å². The van der Waals surface area contributed by atoms with Gasteiger partial charge in [0.25, 0.3) is 5.91 Å². The van der Waals surface area contributed by atoms with Crippen LogP contribution in [0.15, 0.2) is 24.3 Å². The van der Waals surface area contributed by atoms with Gasteiger partial charge in [-0.2, -0.15) is 0 Å². The first-order valence-corrected chi connectivity index (χ1v) is 16.0. The van der Waals surface area contributed by atoms with Crippen molar-refractivity contribution in [2.24, 2.45) is 0 Å². The van der Waals surface area contributed by atoms with Gasteiger partial charge in [-0.15, -0.1) is 0 Å². The van der Waals surface area contributed by atoms with E-state index in [2.05, 4.69) is 5.32 Å². The molecule has 0 atom stereocenters. The highest BCUT2D eigenvalue weighted by Gasteiger charge is 2.15. The van der Waals surface area contributed by atoms with Gasteiger partial charge in [0.1, 0.15) is 5.41 Å². The second-order valence-corrected chi connectivity index (χ2v) is 19.6. The van der Waals surface area contributed by atoms with Gasteiger partial charge in [-0.05, 0) is 21.9 Å². The van der Waals surface area contributed by atoms with Crippen LogP contribution in [0.2, 0.25) is 0 Å². The summed E-state index contributed by atoms with van der Waals surface area (Å²) in [6.07, 6.45) is 0. The lowest BCUT2D eigenvalue weighted by atomic mass is 10.1. The summed E-state index contributed by atoms with van der Waals surface area (Å²) in [7, 11) is 0.501. The molecule has 0 heterocycles. The first-order chi connectivity index (χ1) is 8.56. The molecule has 0 fully saturated rings. The number of hydrogen-bond donors (Lipinski definition) is 2. The average Bonchev–Trinajstić information content (AvgIpc) is 2.36. The Kier molecular flexibility index (Phi) is 5.68. The molecule has 1 amide bonds. The molecule has 18 heavy (non-hydrogen) atoms. The highest BCUT2D eigenvalue weighted by molar-refractivity contribution is 7.32. The SMILES string of the molecule is O=C(CNC(=O)c1ccccc1C(=O)O)[SiH2][SiH2][SiH3]. The zero-order valence-electron chi connectivity index (χ0n) is 10.1. The molecular formula is C10H15NO4Si3. The monoisotopic (exact) mass is 297 g/mol. The van der Waals surface area contributed by atoms with Gasteiger partial charge < -0.3 is 15.2 Å². The van der Waals surface area contributed by atoms with Gasteiger partial charge in [0.2, 0.25) is 0 Å². The predicted molar refractivity (Wildman–Crippen MR) is 77.8 cm³/mol. The number of carbonyl (C=O) groups is 3. The standard InChI is InChI=1S/C10H15NO4Si3/c12-8(17-18-16)5-11-9(13)6-3-1-2-4-7(6)10(14)15/h1-4H,5,17-18H2,16H3,(H,11,13)(H,14,15). The Morgan fingerprint density at radius 2 is 1.83 bits per heavy atom. The van der Waals surface area contributed by atoms with Crippen molar-refractivity contribution >= 4 is 44.6 Å². The Bertz CT molecular complexity index is 478. The van der Waals surface area contributed by atoms with Crippen LogP contribution < -0.4 is 5.32 Å². The van der Waals surface area contributed by atoms with E-state index in [9.17, 15) is 14.4 Å². The van der Waals surface area contributed by atoms with E-state index in [0.717, 1.165) is 9.76 Å². The zero-order valence-corrected chi connectivity index (χ0v) is 14.9. The average molecular weight is 297 g/mol. The second kappa shape index (κ2) is 7.04. The molecule has 0 bridgehead atoms. The molecule has 1 aromatic rings.